The third-order valence-corrected chi connectivity index (χ3v) is 4.66. The summed E-state index contributed by atoms with van der Waals surface area (Å²) in [6.07, 6.45) is 5.00. The van der Waals surface area contributed by atoms with Crippen LogP contribution < -0.4 is 0 Å². The summed E-state index contributed by atoms with van der Waals surface area (Å²) in [4.78, 5) is 5.15. The van der Waals surface area contributed by atoms with Crippen LogP contribution in [0.15, 0.2) is 16.5 Å². The fourth-order valence-corrected chi connectivity index (χ4v) is 3.65. The Hall–Kier alpha value is -0.800. The van der Waals surface area contributed by atoms with Crippen LogP contribution in [0.1, 0.15) is 37.7 Å². The zero-order valence-corrected chi connectivity index (χ0v) is 12.3. The van der Waals surface area contributed by atoms with Gasteiger partial charge in [-0.15, -0.1) is 0 Å². The predicted octanol–water partition coefficient (Wildman–Crippen LogP) is 2.76. The van der Waals surface area contributed by atoms with Crippen LogP contribution in [0.2, 0.25) is 0 Å². The molecular formula is C16H26N2O. The molecule has 4 rings (SSSR count). The molecule has 3 heteroatoms. The highest BCUT2D eigenvalue weighted by Gasteiger charge is 2.32. The summed E-state index contributed by atoms with van der Waals surface area (Å²) >= 11 is 0. The van der Waals surface area contributed by atoms with Gasteiger partial charge in [0, 0.05) is 32.1 Å². The van der Waals surface area contributed by atoms with E-state index in [1.54, 1.807) is 0 Å². The summed E-state index contributed by atoms with van der Waals surface area (Å²) in [7, 11) is 2.28. The number of likely N-dealkylation sites (N-methyl/N-ethyl adjacent to an activating group) is 1. The van der Waals surface area contributed by atoms with Gasteiger partial charge in [0.1, 0.15) is 11.5 Å². The van der Waals surface area contributed by atoms with Gasteiger partial charge in [-0.25, -0.2) is 0 Å². The first-order valence-electron chi connectivity index (χ1n) is 7.74. The van der Waals surface area contributed by atoms with E-state index in [1.807, 2.05) is 0 Å². The summed E-state index contributed by atoms with van der Waals surface area (Å²) in [6.45, 7) is 6.91. The summed E-state index contributed by atoms with van der Waals surface area (Å²) in [5, 5.41) is 0. The molecule has 0 unspecified atom stereocenters. The van der Waals surface area contributed by atoms with Gasteiger partial charge in [-0.3, -0.25) is 4.90 Å². The molecule has 106 valence electrons. The van der Waals surface area contributed by atoms with E-state index in [-0.39, 0.29) is 0 Å². The van der Waals surface area contributed by atoms with Gasteiger partial charge in [0.15, 0.2) is 0 Å². The monoisotopic (exact) mass is 262 g/mol. The van der Waals surface area contributed by atoms with Gasteiger partial charge in [0.05, 0.1) is 6.54 Å². The van der Waals surface area contributed by atoms with Crippen molar-refractivity contribution >= 4 is 0 Å². The maximum Gasteiger partial charge on any atom is 0.118 e. The Balaban J connectivity index is 1.63. The maximum atomic E-state index is 5.93. The van der Waals surface area contributed by atoms with Crippen LogP contribution >= 0.6 is 0 Å². The molecule has 0 amide bonds. The van der Waals surface area contributed by atoms with Crippen molar-refractivity contribution in [2.45, 2.75) is 45.2 Å². The van der Waals surface area contributed by atoms with Gasteiger partial charge in [-0.1, -0.05) is 6.92 Å². The predicted molar refractivity (Wildman–Crippen MR) is 77.1 cm³/mol. The van der Waals surface area contributed by atoms with E-state index < -0.39 is 0 Å². The third kappa shape index (κ3) is 3.03. The van der Waals surface area contributed by atoms with E-state index >= 15 is 0 Å². The normalized spacial score (nSPS) is 28.7. The Labute approximate surface area is 116 Å². The van der Waals surface area contributed by atoms with Crippen molar-refractivity contribution in [1.82, 2.24) is 9.80 Å². The van der Waals surface area contributed by atoms with Gasteiger partial charge < -0.3 is 9.32 Å². The minimum absolute atomic E-state index is 0.754. The van der Waals surface area contributed by atoms with Crippen molar-refractivity contribution in [3.05, 3.63) is 23.7 Å². The highest BCUT2D eigenvalue weighted by molar-refractivity contribution is 5.07. The van der Waals surface area contributed by atoms with Crippen molar-refractivity contribution in [3.8, 4) is 0 Å². The van der Waals surface area contributed by atoms with Crippen LogP contribution in [0, 0.1) is 5.92 Å². The Morgan fingerprint density at radius 3 is 2.79 bits per heavy atom. The lowest BCUT2D eigenvalue weighted by molar-refractivity contribution is 0.164. The molecule has 2 atom stereocenters. The zero-order chi connectivity index (χ0) is 13.2. The van der Waals surface area contributed by atoms with Crippen molar-refractivity contribution in [2.24, 2.45) is 5.92 Å². The summed E-state index contributed by atoms with van der Waals surface area (Å²) in [6, 6.07) is 5.07. The molecule has 0 aliphatic carbocycles. The molecule has 3 aliphatic rings. The Morgan fingerprint density at radius 1 is 1.16 bits per heavy atom. The van der Waals surface area contributed by atoms with E-state index in [0.29, 0.717) is 0 Å². The van der Waals surface area contributed by atoms with Crippen molar-refractivity contribution < 1.29 is 4.42 Å². The quantitative estimate of drug-likeness (QED) is 0.832. The first-order chi connectivity index (χ1) is 9.24. The van der Waals surface area contributed by atoms with Crippen molar-refractivity contribution in [3.63, 3.8) is 0 Å². The second-order valence-electron chi connectivity index (χ2n) is 6.35. The SMILES string of the molecule is CCCc1ccc(CN2C[C@@H]3CC[C@H](C2)N(C)C3)o1. The molecule has 0 saturated carbocycles. The molecule has 19 heavy (non-hydrogen) atoms. The molecule has 0 N–H and O–H groups in total. The Kier molecular flexibility index (Phi) is 3.94. The van der Waals surface area contributed by atoms with Crippen molar-refractivity contribution in [1.29, 1.82) is 0 Å². The molecule has 3 saturated heterocycles. The Morgan fingerprint density at radius 2 is 2.00 bits per heavy atom. The van der Waals surface area contributed by atoms with Gasteiger partial charge in [0.2, 0.25) is 0 Å². The number of nitrogens with zero attached hydrogens (tertiary/aromatic N) is 2. The molecule has 0 aromatic carbocycles. The first kappa shape index (κ1) is 13.2. The summed E-state index contributed by atoms with van der Waals surface area (Å²) < 4.78 is 5.93. The van der Waals surface area contributed by atoms with E-state index in [0.717, 1.165) is 42.9 Å². The van der Waals surface area contributed by atoms with E-state index in [4.69, 9.17) is 4.42 Å². The first-order valence-corrected chi connectivity index (χ1v) is 7.74. The minimum atomic E-state index is 0.754. The third-order valence-electron chi connectivity index (χ3n) is 4.66. The van der Waals surface area contributed by atoms with Gasteiger partial charge in [-0.05, 0) is 44.4 Å². The number of fused-ring (bicyclic) bond motifs is 4. The maximum absolute atomic E-state index is 5.93. The lowest BCUT2D eigenvalue weighted by atomic mass is 9.96. The van der Waals surface area contributed by atoms with Crippen LogP contribution in [0.5, 0.6) is 0 Å². The fourth-order valence-electron chi connectivity index (χ4n) is 3.65. The highest BCUT2D eigenvalue weighted by atomic mass is 16.3. The molecular weight excluding hydrogens is 236 g/mol. The number of aryl methyl sites for hydroxylation is 1. The second kappa shape index (κ2) is 5.68. The molecule has 1 aromatic rings. The molecule has 2 bridgehead atoms. The molecule has 0 radical (unpaired) electrons. The average Bonchev–Trinajstić information content (AvgIpc) is 2.64. The largest absolute Gasteiger partial charge is 0.465 e. The fraction of sp³-hybridized carbons (Fsp3) is 0.750. The molecule has 3 aliphatic heterocycles. The Bertz CT molecular complexity index is 415. The second-order valence-corrected chi connectivity index (χ2v) is 6.35. The molecule has 0 spiro atoms. The molecule has 1 aromatic heterocycles. The molecule has 4 heterocycles. The van der Waals surface area contributed by atoms with E-state index in [9.17, 15) is 0 Å². The van der Waals surface area contributed by atoms with Crippen molar-refractivity contribution in [2.75, 3.05) is 26.7 Å². The van der Waals surface area contributed by atoms with E-state index in [1.165, 1.54) is 32.5 Å². The number of piperidine rings is 1. The number of hydrogen-bond donors (Lipinski definition) is 0. The highest BCUT2D eigenvalue weighted by Crippen LogP contribution is 2.27. The molecule has 3 nitrogen and oxygen atoms in total. The zero-order valence-electron chi connectivity index (χ0n) is 12.3. The van der Waals surface area contributed by atoms with Crippen LogP contribution in [0.25, 0.3) is 0 Å². The lowest BCUT2D eigenvalue weighted by Gasteiger charge is -2.32. The molecule has 3 fully saturated rings. The smallest absolute Gasteiger partial charge is 0.118 e. The van der Waals surface area contributed by atoms with Crippen LogP contribution in [-0.4, -0.2) is 42.5 Å². The van der Waals surface area contributed by atoms with Gasteiger partial charge in [0.25, 0.3) is 0 Å². The standard InChI is InChI=1S/C16H26N2O/c1-3-4-15-7-8-16(19-15)12-18-10-13-5-6-14(11-18)17(2)9-13/h7-8,13-14H,3-6,9-12H2,1-2H3/t13-,14-/m1/s1. The number of rotatable bonds is 4. The summed E-state index contributed by atoms with van der Waals surface area (Å²) in [5.41, 5.74) is 0. The van der Waals surface area contributed by atoms with Gasteiger partial charge in [-0.2, -0.15) is 0 Å². The van der Waals surface area contributed by atoms with Crippen LogP contribution in [0.4, 0.5) is 0 Å². The van der Waals surface area contributed by atoms with Crippen LogP contribution in [0.3, 0.4) is 0 Å². The number of furan rings is 1. The topological polar surface area (TPSA) is 19.6 Å². The van der Waals surface area contributed by atoms with E-state index in [2.05, 4.69) is 35.9 Å². The average molecular weight is 262 g/mol. The van der Waals surface area contributed by atoms with Crippen LogP contribution in [-0.2, 0) is 13.0 Å². The minimum Gasteiger partial charge on any atom is -0.465 e. The number of hydrogen-bond acceptors (Lipinski definition) is 3. The van der Waals surface area contributed by atoms with Gasteiger partial charge >= 0.3 is 0 Å². The lowest BCUT2D eigenvalue weighted by Crippen LogP contribution is -2.40. The summed E-state index contributed by atoms with van der Waals surface area (Å²) in [5.74, 6) is 3.15.